The number of nitrogen functional groups attached to an aromatic ring is 1. The third-order valence-corrected chi connectivity index (χ3v) is 8.56. The number of amides is 2. The maximum absolute atomic E-state index is 13.7. The lowest BCUT2D eigenvalue weighted by Gasteiger charge is -2.32. The standard InChI is InChI=1S/C31H28N8O3/c32-31-37-27-26(33-15-34-27)28(38-31)42-14-17-7-5-16(6-8-17)13-39-29(40)18-9-11-22-25-23(12-10-19(24(18)25)30(39)41)36-21-4-2-1-3-20(21)35-22/h5-12,15,20-21,35-36H,1-4,13-14H2,(H3,32,33,34,37,38). The summed E-state index contributed by atoms with van der Waals surface area (Å²) < 4.78 is 5.87. The Morgan fingerprint density at radius 1 is 0.833 bits per heavy atom. The number of imidazole rings is 1. The molecule has 2 aliphatic heterocycles. The van der Waals surface area contributed by atoms with E-state index in [4.69, 9.17) is 10.5 Å². The van der Waals surface area contributed by atoms with Crippen molar-refractivity contribution in [3.63, 3.8) is 0 Å². The van der Waals surface area contributed by atoms with Crippen molar-refractivity contribution in [2.45, 2.75) is 50.9 Å². The molecule has 3 aromatic carbocycles. The number of nitrogens with zero attached hydrogens (tertiary/aromatic N) is 4. The van der Waals surface area contributed by atoms with E-state index in [-0.39, 0.29) is 30.9 Å². The Morgan fingerprint density at radius 3 is 2.14 bits per heavy atom. The maximum Gasteiger partial charge on any atom is 0.261 e. The summed E-state index contributed by atoms with van der Waals surface area (Å²) in [4.78, 5) is 44.1. The molecule has 0 saturated heterocycles. The lowest BCUT2D eigenvalue weighted by Crippen LogP contribution is -2.40. The molecule has 2 aromatic heterocycles. The van der Waals surface area contributed by atoms with Crippen molar-refractivity contribution in [1.29, 1.82) is 0 Å². The second-order valence-corrected chi connectivity index (χ2v) is 11.1. The predicted octanol–water partition coefficient (Wildman–Crippen LogP) is 4.61. The molecule has 1 aliphatic carbocycles. The number of ether oxygens (including phenoxy) is 1. The van der Waals surface area contributed by atoms with Crippen LogP contribution in [0.2, 0.25) is 0 Å². The number of benzene rings is 3. The highest BCUT2D eigenvalue weighted by molar-refractivity contribution is 6.28. The summed E-state index contributed by atoms with van der Waals surface area (Å²) >= 11 is 0. The number of aromatic amines is 1. The molecule has 1 saturated carbocycles. The summed E-state index contributed by atoms with van der Waals surface area (Å²) in [5.74, 6) is -0.175. The lowest BCUT2D eigenvalue weighted by atomic mass is 9.90. The summed E-state index contributed by atoms with van der Waals surface area (Å²) in [5, 5.41) is 9.10. The van der Waals surface area contributed by atoms with Crippen LogP contribution >= 0.6 is 0 Å². The Morgan fingerprint density at radius 2 is 1.48 bits per heavy atom. The second kappa shape index (κ2) is 9.44. The predicted molar refractivity (Wildman–Crippen MR) is 158 cm³/mol. The van der Waals surface area contributed by atoms with E-state index in [0.29, 0.717) is 40.3 Å². The van der Waals surface area contributed by atoms with Crippen molar-refractivity contribution in [2.24, 2.45) is 0 Å². The highest BCUT2D eigenvalue weighted by atomic mass is 16.5. The molecule has 8 rings (SSSR count). The van der Waals surface area contributed by atoms with E-state index in [0.717, 1.165) is 46.1 Å². The number of fused-ring (bicyclic) bond motifs is 2. The van der Waals surface area contributed by atoms with Crippen LogP contribution in [-0.4, -0.2) is 48.7 Å². The third kappa shape index (κ3) is 3.92. The first-order chi connectivity index (χ1) is 20.5. The molecule has 2 amide bonds. The molecule has 0 bridgehead atoms. The van der Waals surface area contributed by atoms with Gasteiger partial charge in [0.2, 0.25) is 11.8 Å². The Balaban J connectivity index is 1.04. The molecule has 42 heavy (non-hydrogen) atoms. The van der Waals surface area contributed by atoms with E-state index in [9.17, 15) is 9.59 Å². The minimum atomic E-state index is -0.283. The van der Waals surface area contributed by atoms with E-state index in [1.807, 2.05) is 48.5 Å². The van der Waals surface area contributed by atoms with Gasteiger partial charge in [-0.15, -0.1) is 0 Å². The van der Waals surface area contributed by atoms with Crippen LogP contribution < -0.4 is 21.1 Å². The number of anilines is 3. The molecule has 0 spiro atoms. The number of rotatable bonds is 5. The van der Waals surface area contributed by atoms with E-state index >= 15 is 0 Å². The van der Waals surface area contributed by atoms with Crippen molar-refractivity contribution in [3.05, 3.63) is 77.1 Å². The number of hydrogen-bond donors (Lipinski definition) is 4. The zero-order chi connectivity index (χ0) is 28.4. The van der Waals surface area contributed by atoms with Gasteiger partial charge in [0, 0.05) is 45.4 Å². The van der Waals surface area contributed by atoms with Gasteiger partial charge in [0.25, 0.3) is 11.8 Å². The Bertz CT molecular complexity index is 1830. The monoisotopic (exact) mass is 560 g/mol. The van der Waals surface area contributed by atoms with Crippen molar-refractivity contribution in [2.75, 3.05) is 16.4 Å². The van der Waals surface area contributed by atoms with Gasteiger partial charge in [0.15, 0.2) is 11.2 Å². The Hall–Kier alpha value is -5.19. The summed E-state index contributed by atoms with van der Waals surface area (Å²) in [7, 11) is 0. The second-order valence-electron chi connectivity index (χ2n) is 11.1. The molecule has 5 N–H and O–H groups in total. The zero-order valence-electron chi connectivity index (χ0n) is 22.7. The van der Waals surface area contributed by atoms with Crippen LogP contribution in [0.1, 0.15) is 57.5 Å². The highest BCUT2D eigenvalue weighted by Crippen LogP contribution is 2.42. The van der Waals surface area contributed by atoms with E-state index in [2.05, 4.69) is 30.6 Å². The topological polar surface area (TPSA) is 151 Å². The molecule has 11 heteroatoms. The van der Waals surface area contributed by atoms with E-state index in [1.54, 1.807) is 0 Å². The van der Waals surface area contributed by atoms with Crippen molar-refractivity contribution >= 4 is 51.1 Å². The molecule has 2 atom stereocenters. The fourth-order valence-electron chi connectivity index (χ4n) is 6.50. The highest BCUT2D eigenvalue weighted by Gasteiger charge is 2.36. The summed E-state index contributed by atoms with van der Waals surface area (Å²) in [6.07, 6.45) is 6.10. The van der Waals surface area contributed by atoms with Crippen LogP contribution in [0.3, 0.4) is 0 Å². The van der Waals surface area contributed by atoms with Gasteiger partial charge < -0.3 is 26.1 Å². The van der Waals surface area contributed by atoms with Gasteiger partial charge >= 0.3 is 0 Å². The first kappa shape index (κ1) is 24.6. The quantitative estimate of drug-likeness (QED) is 0.226. The molecule has 210 valence electrons. The first-order valence-corrected chi connectivity index (χ1v) is 14.2. The van der Waals surface area contributed by atoms with Gasteiger partial charge in [-0.2, -0.15) is 9.97 Å². The van der Waals surface area contributed by atoms with Gasteiger partial charge in [-0.05, 0) is 48.2 Å². The molecular weight excluding hydrogens is 532 g/mol. The number of carbonyl (C=O) groups is 2. The van der Waals surface area contributed by atoms with Crippen molar-refractivity contribution in [1.82, 2.24) is 24.8 Å². The summed E-state index contributed by atoms with van der Waals surface area (Å²) in [6.45, 7) is 0.407. The fourth-order valence-corrected chi connectivity index (χ4v) is 6.50. The summed E-state index contributed by atoms with van der Waals surface area (Å²) in [5.41, 5.74) is 11.6. The van der Waals surface area contributed by atoms with Crippen LogP contribution in [0.15, 0.2) is 54.9 Å². The first-order valence-electron chi connectivity index (χ1n) is 14.2. The molecule has 5 aromatic rings. The average molecular weight is 561 g/mol. The van der Waals surface area contributed by atoms with Gasteiger partial charge in [0.05, 0.1) is 12.9 Å². The maximum atomic E-state index is 13.7. The average Bonchev–Trinajstić information content (AvgIpc) is 3.41. The fraction of sp³-hybridized carbons (Fsp3) is 0.258. The third-order valence-electron chi connectivity index (χ3n) is 8.56. The molecule has 0 radical (unpaired) electrons. The van der Waals surface area contributed by atoms with Crippen LogP contribution in [0.5, 0.6) is 5.88 Å². The Labute approximate surface area is 240 Å². The van der Waals surface area contributed by atoms with Crippen LogP contribution in [0.25, 0.3) is 21.9 Å². The largest absolute Gasteiger partial charge is 0.471 e. The van der Waals surface area contributed by atoms with Gasteiger partial charge in [-0.25, -0.2) is 4.98 Å². The zero-order valence-corrected chi connectivity index (χ0v) is 22.7. The summed E-state index contributed by atoms with van der Waals surface area (Å²) in [6, 6.07) is 16.0. The van der Waals surface area contributed by atoms with Gasteiger partial charge in [-0.3, -0.25) is 14.5 Å². The molecule has 3 aliphatic rings. The number of hydrogen-bond acceptors (Lipinski definition) is 9. The normalized spacial score (nSPS) is 19.3. The van der Waals surface area contributed by atoms with E-state index < -0.39 is 0 Å². The van der Waals surface area contributed by atoms with Crippen LogP contribution in [-0.2, 0) is 13.2 Å². The Kier molecular flexibility index (Phi) is 5.53. The van der Waals surface area contributed by atoms with Crippen LogP contribution in [0, 0.1) is 0 Å². The molecule has 4 heterocycles. The number of H-pyrrole nitrogens is 1. The number of nitrogens with one attached hydrogen (secondary N) is 3. The SMILES string of the molecule is Nc1nc(OCc2ccc(CN3C(=O)c4ccc5c6c(ccc(c46)C3=O)NC3CCCCC3N5)cc2)c2nc[nH]c2n1. The minimum absolute atomic E-state index is 0.0935. The van der Waals surface area contributed by atoms with E-state index in [1.165, 1.54) is 24.1 Å². The number of aromatic nitrogens is 4. The molecule has 2 unspecified atom stereocenters. The van der Waals surface area contributed by atoms with Crippen molar-refractivity contribution in [3.8, 4) is 5.88 Å². The smallest absolute Gasteiger partial charge is 0.261 e. The number of nitrogens with two attached hydrogens (primary N) is 1. The van der Waals surface area contributed by atoms with Crippen molar-refractivity contribution < 1.29 is 14.3 Å². The molecular formula is C31H28N8O3. The number of imide groups is 1. The van der Waals surface area contributed by atoms with Crippen LogP contribution in [0.4, 0.5) is 17.3 Å². The number of carbonyl (C=O) groups excluding carboxylic acids is 2. The minimum Gasteiger partial charge on any atom is -0.471 e. The molecule has 1 fully saturated rings. The van der Waals surface area contributed by atoms with Gasteiger partial charge in [-0.1, -0.05) is 37.1 Å². The lowest BCUT2D eigenvalue weighted by molar-refractivity contribution is 0.0598. The van der Waals surface area contributed by atoms with Gasteiger partial charge in [0.1, 0.15) is 6.61 Å². The molecule has 11 nitrogen and oxygen atoms in total.